The van der Waals surface area contributed by atoms with Crippen molar-refractivity contribution in [1.82, 2.24) is 14.8 Å². The topological polar surface area (TPSA) is 76.2 Å². The summed E-state index contributed by atoms with van der Waals surface area (Å²) < 4.78 is 10.9. The van der Waals surface area contributed by atoms with E-state index in [-0.39, 0.29) is 5.91 Å². The SMILES string of the molecule is C=C/C(C)=c1/ncccc1=C.CCCONc1ccc(C(=O)N2CCN(Cc3cccc(OC)c3OC)CC2)cc1. The highest BCUT2D eigenvalue weighted by molar-refractivity contribution is 5.94. The molecule has 41 heavy (non-hydrogen) atoms. The third kappa shape index (κ3) is 8.93. The van der Waals surface area contributed by atoms with Crippen molar-refractivity contribution >= 4 is 23.7 Å². The van der Waals surface area contributed by atoms with Crippen LogP contribution < -0.4 is 25.5 Å². The zero-order valence-electron chi connectivity index (χ0n) is 24.7. The van der Waals surface area contributed by atoms with Gasteiger partial charge >= 0.3 is 0 Å². The van der Waals surface area contributed by atoms with Gasteiger partial charge in [-0.05, 0) is 60.5 Å². The Morgan fingerprint density at radius 2 is 1.76 bits per heavy atom. The van der Waals surface area contributed by atoms with E-state index in [1.54, 1.807) is 26.5 Å². The molecule has 0 bridgehead atoms. The number of benzene rings is 2. The number of hydrogen-bond donors (Lipinski definition) is 1. The van der Waals surface area contributed by atoms with Crippen LogP contribution >= 0.6 is 0 Å². The first-order chi connectivity index (χ1) is 19.9. The van der Waals surface area contributed by atoms with Crippen molar-refractivity contribution in [3.63, 3.8) is 0 Å². The largest absolute Gasteiger partial charge is 0.493 e. The molecule has 1 amide bonds. The highest BCUT2D eigenvalue weighted by atomic mass is 16.6. The number of ether oxygens (including phenoxy) is 2. The Bertz CT molecular complexity index is 1380. The summed E-state index contributed by atoms with van der Waals surface area (Å²) in [4.78, 5) is 26.6. The van der Waals surface area contributed by atoms with E-state index in [4.69, 9.17) is 14.3 Å². The van der Waals surface area contributed by atoms with E-state index in [0.717, 1.165) is 64.9 Å². The first-order valence-electron chi connectivity index (χ1n) is 13.8. The molecule has 1 saturated heterocycles. The van der Waals surface area contributed by atoms with Crippen molar-refractivity contribution in [2.75, 3.05) is 52.5 Å². The normalized spacial score (nSPS) is 13.9. The Balaban J connectivity index is 0.000000352. The monoisotopic (exact) mass is 558 g/mol. The third-order valence-corrected chi connectivity index (χ3v) is 6.74. The highest BCUT2D eigenvalue weighted by Gasteiger charge is 2.23. The second-order valence-electron chi connectivity index (χ2n) is 9.65. The fourth-order valence-electron chi connectivity index (χ4n) is 4.42. The van der Waals surface area contributed by atoms with Gasteiger partial charge in [0, 0.05) is 50.0 Å². The number of hydrogen-bond acceptors (Lipinski definition) is 7. The molecule has 0 saturated carbocycles. The molecule has 2 heterocycles. The summed E-state index contributed by atoms with van der Waals surface area (Å²) in [5.74, 6) is 1.58. The van der Waals surface area contributed by atoms with E-state index in [1.807, 2.05) is 60.4 Å². The predicted molar refractivity (Wildman–Crippen MR) is 165 cm³/mol. The van der Waals surface area contributed by atoms with Crippen LogP contribution in [0.2, 0.25) is 0 Å². The molecule has 4 rings (SSSR count). The van der Waals surface area contributed by atoms with Gasteiger partial charge in [-0.2, -0.15) is 0 Å². The summed E-state index contributed by atoms with van der Waals surface area (Å²) in [7, 11) is 3.31. The Kier molecular flexibility index (Phi) is 12.4. The number of rotatable bonds is 10. The fraction of sp³-hybridized carbons (Fsp3) is 0.333. The number of amides is 1. The lowest BCUT2D eigenvalue weighted by Crippen LogP contribution is -2.48. The number of pyridine rings is 1. The zero-order valence-corrected chi connectivity index (χ0v) is 24.7. The van der Waals surface area contributed by atoms with Crippen LogP contribution in [0.5, 0.6) is 11.5 Å². The maximum atomic E-state index is 12.8. The van der Waals surface area contributed by atoms with Crippen LogP contribution in [0.25, 0.3) is 12.2 Å². The van der Waals surface area contributed by atoms with Crippen molar-refractivity contribution in [2.45, 2.75) is 26.8 Å². The molecule has 0 radical (unpaired) electrons. The van der Waals surface area contributed by atoms with E-state index < -0.39 is 0 Å². The Morgan fingerprint density at radius 3 is 2.37 bits per heavy atom. The summed E-state index contributed by atoms with van der Waals surface area (Å²) in [6.07, 6.45) is 4.49. The average Bonchev–Trinajstić information content (AvgIpc) is 3.01. The smallest absolute Gasteiger partial charge is 0.253 e. The molecule has 3 aromatic rings. The van der Waals surface area contributed by atoms with Gasteiger partial charge in [0.15, 0.2) is 11.5 Å². The molecule has 0 atom stereocenters. The van der Waals surface area contributed by atoms with Crippen LogP contribution in [0.15, 0.2) is 73.4 Å². The lowest BCUT2D eigenvalue weighted by Gasteiger charge is -2.35. The molecule has 0 spiro atoms. The van der Waals surface area contributed by atoms with Crippen LogP contribution in [-0.2, 0) is 11.4 Å². The van der Waals surface area contributed by atoms with Gasteiger partial charge in [0.05, 0.1) is 31.9 Å². The summed E-state index contributed by atoms with van der Waals surface area (Å²) in [6, 6.07) is 17.2. The summed E-state index contributed by atoms with van der Waals surface area (Å²) in [6.45, 7) is 16.0. The second kappa shape index (κ2) is 16.2. The number of nitrogens with one attached hydrogen (secondary N) is 1. The number of para-hydroxylation sites is 1. The van der Waals surface area contributed by atoms with Crippen molar-refractivity contribution in [1.29, 1.82) is 0 Å². The number of methoxy groups -OCH3 is 2. The van der Waals surface area contributed by atoms with Crippen molar-refractivity contribution in [2.24, 2.45) is 0 Å². The number of carbonyl (C=O) groups excluding carboxylic acids is 1. The molecule has 8 heteroatoms. The van der Waals surface area contributed by atoms with Gasteiger partial charge < -0.3 is 14.4 Å². The standard InChI is InChI=1S/C23H31N3O4.C10H11N/c1-4-16-30-24-20-10-8-18(9-11-20)23(27)26-14-12-25(13-15-26)17-19-6-5-7-21(28-2)22(19)29-3;1-4-8(2)10-9(3)6-5-7-11-10/h5-11,24H,4,12-17H2,1-3H3;4-7H,1,3H2,2H3/b;10-8+. The van der Waals surface area contributed by atoms with Crippen LogP contribution in [-0.4, -0.2) is 67.7 Å². The number of anilines is 1. The summed E-state index contributed by atoms with van der Waals surface area (Å²) in [5.41, 5.74) is 6.58. The zero-order chi connectivity index (χ0) is 29.6. The highest BCUT2D eigenvalue weighted by Crippen LogP contribution is 2.31. The van der Waals surface area contributed by atoms with E-state index in [9.17, 15) is 4.79 Å². The van der Waals surface area contributed by atoms with Crippen LogP contribution in [0.1, 0.15) is 36.2 Å². The molecule has 8 nitrogen and oxygen atoms in total. The number of allylic oxidation sites excluding steroid dienone is 1. The first-order valence-corrected chi connectivity index (χ1v) is 13.8. The van der Waals surface area contributed by atoms with Gasteiger partial charge in [-0.3, -0.25) is 25.0 Å². The minimum absolute atomic E-state index is 0.0645. The van der Waals surface area contributed by atoms with Crippen molar-refractivity contribution in [3.05, 3.63) is 95.1 Å². The van der Waals surface area contributed by atoms with Gasteiger partial charge in [-0.1, -0.05) is 44.4 Å². The molecule has 0 unspecified atom stereocenters. The number of carbonyl (C=O) groups is 1. The molecule has 1 aliphatic rings. The minimum atomic E-state index is 0.0645. The van der Waals surface area contributed by atoms with Crippen molar-refractivity contribution in [3.8, 4) is 11.5 Å². The Hall–Kier alpha value is -4.14. The molecule has 2 aromatic carbocycles. The van der Waals surface area contributed by atoms with Gasteiger partial charge in [0.1, 0.15) is 0 Å². The van der Waals surface area contributed by atoms with Crippen molar-refractivity contribution < 1.29 is 19.1 Å². The van der Waals surface area contributed by atoms with E-state index in [2.05, 4.69) is 41.5 Å². The fourth-order valence-corrected chi connectivity index (χ4v) is 4.42. The van der Waals surface area contributed by atoms with Gasteiger partial charge in [0.2, 0.25) is 0 Å². The maximum Gasteiger partial charge on any atom is 0.253 e. The number of aromatic nitrogens is 1. The van der Waals surface area contributed by atoms with Gasteiger partial charge in [-0.25, -0.2) is 0 Å². The van der Waals surface area contributed by atoms with E-state index >= 15 is 0 Å². The molecule has 1 aliphatic heterocycles. The lowest BCUT2D eigenvalue weighted by atomic mass is 10.1. The van der Waals surface area contributed by atoms with Crippen LogP contribution in [0.4, 0.5) is 5.69 Å². The summed E-state index contributed by atoms with van der Waals surface area (Å²) in [5, 5.41) is 1.88. The number of piperazine rings is 1. The maximum absolute atomic E-state index is 12.8. The second-order valence-corrected chi connectivity index (χ2v) is 9.65. The van der Waals surface area contributed by atoms with E-state index in [0.29, 0.717) is 25.3 Å². The van der Waals surface area contributed by atoms with Gasteiger partial charge in [0.25, 0.3) is 5.91 Å². The van der Waals surface area contributed by atoms with Crippen LogP contribution in [0.3, 0.4) is 0 Å². The molecule has 1 fully saturated rings. The molecule has 1 N–H and O–H groups in total. The van der Waals surface area contributed by atoms with Crippen LogP contribution in [0, 0.1) is 0 Å². The number of nitrogens with zero attached hydrogens (tertiary/aromatic N) is 3. The predicted octanol–water partition coefficient (Wildman–Crippen LogP) is 4.26. The molecule has 0 aliphatic carbocycles. The lowest BCUT2D eigenvalue weighted by molar-refractivity contribution is 0.0627. The van der Waals surface area contributed by atoms with E-state index in [1.165, 1.54) is 0 Å². The summed E-state index contributed by atoms with van der Waals surface area (Å²) >= 11 is 0. The first kappa shape index (κ1) is 31.4. The Labute approximate surface area is 243 Å². The molecule has 1 aromatic heterocycles. The average molecular weight is 559 g/mol. The third-order valence-electron chi connectivity index (χ3n) is 6.74. The quantitative estimate of drug-likeness (QED) is 0.294. The molecule has 218 valence electrons. The minimum Gasteiger partial charge on any atom is -0.493 e. The molecular weight excluding hydrogens is 516 g/mol. The molecular formula is C33H42N4O4. The Morgan fingerprint density at radius 1 is 1.02 bits per heavy atom. The van der Waals surface area contributed by atoms with Gasteiger partial charge in [-0.15, -0.1) is 0 Å².